The standard InChI is InChI=1S/C17H28ClN3O2.HI/c1-4-6-7-8-9-20-17(19)21-12-13-10-14(18)16(23-5-2)15(11-13)22-3;/h10-11H,4-9,12H2,1-3H3,(H3,19,20,21);1H. The van der Waals surface area contributed by atoms with E-state index in [4.69, 9.17) is 26.8 Å². The third kappa shape index (κ3) is 8.28. The lowest BCUT2D eigenvalue weighted by Gasteiger charge is -2.12. The lowest BCUT2D eigenvalue weighted by molar-refractivity contribution is 0.311. The molecule has 0 aromatic heterocycles. The number of rotatable bonds is 10. The normalized spacial score (nSPS) is 10.9. The highest BCUT2D eigenvalue weighted by Crippen LogP contribution is 2.36. The molecule has 0 saturated carbocycles. The van der Waals surface area contributed by atoms with Crippen LogP contribution in [0.15, 0.2) is 17.1 Å². The van der Waals surface area contributed by atoms with Crippen molar-refractivity contribution in [1.82, 2.24) is 5.32 Å². The van der Waals surface area contributed by atoms with Crippen molar-refractivity contribution in [1.29, 1.82) is 0 Å². The highest BCUT2D eigenvalue weighted by Gasteiger charge is 2.11. The van der Waals surface area contributed by atoms with Gasteiger partial charge in [-0.05, 0) is 31.0 Å². The van der Waals surface area contributed by atoms with E-state index in [2.05, 4.69) is 17.2 Å². The molecule has 0 amide bonds. The Balaban J connectivity index is 0.00000529. The molecule has 3 N–H and O–H groups in total. The predicted molar refractivity (Wildman–Crippen MR) is 112 cm³/mol. The first-order valence-corrected chi connectivity index (χ1v) is 8.53. The Kier molecular flexibility index (Phi) is 12.9. The first-order valence-electron chi connectivity index (χ1n) is 8.15. The van der Waals surface area contributed by atoms with Crippen LogP contribution in [0.5, 0.6) is 11.5 Å². The minimum absolute atomic E-state index is 0. The van der Waals surface area contributed by atoms with E-state index in [1.165, 1.54) is 19.3 Å². The van der Waals surface area contributed by atoms with E-state index in [9.17, 15) is 0 Å². The van der Waals surface area contributed by atoms with Gasteiger partial charge in [0, 0.05) is 6.54 Å². The average molecular weight is 470 g/mol. The molecule has 0 fully saturated rings. The van der Waals surface area contributed by atoms with E-state index in [1.54, 1.807) is 7.11 Å². The average Bonchev–Trinajstić information content (AvgIpc) is 2.54. The van der Waals surface area contributed by atoms with Gasteiger partial charge in [0.2, 0.25) is 0 Å². The van der Waals surface area contributed by atoms with Gasteiger partial charge in [0.15, 0.2) is 17.5 Å². The van der Waals surface area contributed by atoms with Crippen molar-refractivity contribution >= 4 is 41.5 Å². The molecule has 0 aliphatic carbocycles. The van der Waals surface area contributed by atoms with Crippen LogP contribution >= 0.6 is 35.6 Å². The summed E-state index contributed by atoms with van der Waals surface area (Å²) in [5.41, 5.74) is 6.79. The number of hydrogen-bond acceptors (Lipinski definition) is 3. The summed E-state index contributed by atoms with van der Waals surface area (Å²) in [7, 11) is 1.59. The molecule has 1 aromatic carbocycles. The van der Waals surface area contributed by atoms with Crippen LogP contribution in [0.2, 0.25) is 5.02 Å². The number of nitrogens with zero attached hydrogens (tertiary/aromatic N) is 1. The number of aliphatic imine (C=N–C) groups is 1. The van der Waals surface area contributed by atoms with Gasteiger partial charge in [0.1, 0.15) is 0 Å². The maximum Gasteiger partial charge on any atom is 0.188 e. The van der Waals surface area contributed by atoms with Gasteiger partial charge in [-0.3, -0.25) is 0 Å². The van der Waals surface area contributed by atoms with E-state index in [1.807, 2.05) is 19.1 Å². The Morgan fingerprint density at radius 3 is 2.62 bits per heavy atom. The maximum absolute atomic E-state index is 6.24. The van der Waals surface area contributed by atoms with E-state index in [-0.39, 0.29) is 24.0 Å². The number of ether oxygens (including phenoxy) is 2. The van der Waals surface area contributed by atoms with Crippen molar-refractivity contribution in [3.63, 3.8) is 0 Å². The highest BCUT2D eigenvalue weighted by atomic mass is 127. The quantitative estimate of drug-likeness (QED) is 0.231. The zero-order valence-electron chi connectivity index (χ0n) is 14.7. The number of benzene rings is 1. The molecular formula is C17H29ClIN3O2. The minimum Gasteiger partial charge on any atom is -0.493 e. The van der Waals surface area contributed by atoms with Crippen LogP contribution in [-0.4, -0.2) is 26.2 Å². The van der Waals surface area contributed by atoms with Crippen molar-refractivity contribution in [3.05, 3.63) is 22.7 Å². The van der Waals surface area contributed by atoms with Crippen molar-refractivity contribution in [2.45, 2.75) is 46.1 Å². The van der Waals surface area contributed by atoms with Crippen LogP contribution in [0.3, 0.4) is 0 Å². The molecule has 0 spiro atoms. The number of halogens is 2. The SMILES string of the molecule is CCCCCCNC(N)=NCc1cc(Cl)c(OCC)c(OC)c1.I. The summed E-state index contributed by atoms with van der Waals surface area (Å²) in [4.78, 5) is 4.33. The summed E-state index contributed by atoms with van der Waals surface area (Å²) in [6, 6.07) is 3.70. The van der Waals surface area contributed by atoms with Crippen LogP contribution in [0, 0.1) is 0 Å². The summed E-state index contributed by atoms with van der Waals surface area (Å²) >= 11 is 6.24. The molecule has 0 bridgehead atoms. The summed E-state index contributed by atoms with van der Waals surface area (Å²) in [5.74, 6) is 1.62. The third-order valence-electron chi connectivity index (χ3n) is 3.35. The fourth-order valence-corrected chi connectivity index (χ4v) is 2.44. The first-order chi connectivity index (χ1) is 11.1. The van der Waals surface area contributed by atoms with Gasteiger partial charge in [-0.15, -0.1) is 24.0 Å². The van der Waals surface area contributed by atoms with Gasteiger partial charge >= 0.3 is 0 Å². The number of nitrogens with one attached hydrogen (secondary N) is 1. The van der Waals surface area contributed by atoms with E-state index >= 15 is 0 Å². The highest BCUT2D eigenvalue weighted by molar-refractivity contribution is 14.0. The molecule has 0 saturated heterocycles. The minimum atomic E-state index is 0. The predicted octanol–water partition coefficient (Wildman–Crippen LogP) is 4.35. The van der Waals surface area contributed by atoms with Crippen molar-refractivity contribution in [3.8, 4) is 11.5 Å². The number of unbranched alkanes of at least 4 members (excludes halogenated alkanes) is 3. The number of hydrogen-bond donors (Lipinski definition) is 2. The zero-order chi connectivity index (χ0) is 17.1. The van der Waals surface area contributed by atoms with Crippen molar-refractivity contribution in [2.24, 2.45) is 10.7 Å². The third-order valence-corrected chi connectivity index (χ3v) is 3.63. The molecule has 0 aliphatic rings. The van der Waals surface area contributed by atoms with Crippen molar-refractivity contribution < 1.29 is 9.47 Å². The fourth-order valence-electron chi connectivity index (χ4n) is 2.15. The molecule has 0 unspecified atom stereocenters. The lowest BCUT2D eigenvalue weighted by Crippen LogP contribution is -2.32. The Hall–Kier alpha value is -0.890. The fraction of sp³-hybridized carbons (Fsp3) is 0.588. The van der Waals surface area contributed by atoms with Gasteiger partial charge in [-0.2, -0.15) is 0 Å². The number of methoxy groups -OCH3 is 1. The van der Waals surface area contributed by atoms with E-state index in [0.29, 0.717) is 35.6 Å². The molecule has 0 heterocycles. The Labute approximate surface area is 167 Å². The topological polar surface area (TPSA) is 68.9 Å². The van der Waals surface area contributed by atoms with Crippen LogP contribution in [0.4, 0.5) is 0 Å². The molecule has 0 radical (unpaired) electrons. The molecular weight excluding hydrogens is 441 g/mol. The Morgan fingerprint density at radius 2 is 2.00 bits per heavy atom. The molecule has 1 rings (SSSR count). The van der Waals surface area contributed by atoms with Gasteiger partial charge in [-0.25, -0.2) is 4.99 Å². The lowest BCUT2D eigenvalue weighted by atomic mass is 10.2. The summed E-state index contributed by atoms with van der Waals surface area (Å²) in [5, 5.41) is 3.64. The molecule has 5 nitrogen and oxygen atoms in total. The molecule has 7 heteroatoms. The van der Waals surface area contributed by atoms with Crippen LogP contribution in [-0.2, 0) is 6.54 Å². The smallest absolute Gasteiger partial charge is 0.188 e. The largest absolute Gasteiger partial charge is 0.493 e. The zero-order valence-corrected chi connectivity index (χ0v) is 17.8. The van der Waals surface area contributed by atoms with Crippen LogP contribution < -0.4 is 20.5 Å². The van der Waals surface area contributed by atoms with Crippen LogP contribution in [0.1, 0.15) is 45.1 Å². The Morgan fingerprint density at radius 1 is 1.25 bits per heavy atom. The van der Waals surface area contributed by atoms with Gasteiger partial charge in [0.25, 0.3) is 0 Å². The Bertz CT molecular complexity index is 513. The van der Waals surface area contributed by atoms with Gasteiger partial charge in [-0.1, -0.05) is 37.8 Å². The van der Waals surface area contributed by atoms with E-state index < -0.39 is 0 Å². The summed E-state index contributed by atoms with van der Waals surface area (Å²) in [6.07, 6.45) is 4.79. The summed E-state index contributed by atoms with van der Waals surface area (Å²) < 4.78 is 10.8. The van der Waals surface area contributed by atoms with E-state index in [0.717, 1.165) is 18.5 Å². The van der Waals surface area contributed by atoms with Crippen molar-refractivity contribution in [2.75, 3.05) is 20.3 Å². The second-order valence-corrected chi connectivity index (χ2v) is 5.64. The molecule has 1 aromatic rings. The monoisotopic (exact) mass is 469 g/mol. The summed E-state index contributed by atoms with van der Waals surface area (Å²) in [6.45, 7) is 5.92. The molecule has 138 valence electrons. The second kappa shape index (κ2) is 13.4. The maximum atomic E-state index is 6.24. The molecule has 0 atom stereocenters. The first kappa shape index (κ1) is 23.1. The second-order valence-electron chi connectivity index (χ2n) is 5.23. The number of guanidine groups is 1. The molecule has 0 aliphatic heterocycles. The molecule has 24 heavy (non-hydrogen) atoms. The van der Waals surface area contributed by atoms with Gasteiger partial charge in [0.05, 0.1) is 25.3 Å². The number of nitrogens with two attached hydrogens (primary N) is 1. The van der Waals surface area contributed by atoms with Gasteiger partial charge < -0.3 is 20.5 Å². The van der Waals surface area contributed by atoms with Crippen LogP contribution in [0.25, 0.3) is 0 Å².